The SMILES string of the molecule is NC(=O)N[C@@H](CC(=O)NC[C@@H]1Cc2ccccc2O1)c1cccs1. The van der Waals surface area contributed by atoms with Crippen LogP contribution in [0.25, 0.3) is 0 Å². The van der Waals surface area contributed by atoms with Crippen LogP contribution < -0.4 is 21.1 Å². The number of primary amides is 1. The van der Waals surface area contributed by atoms with Gasteiger partial charge in [0.25, 0.3) is 0 Å². The number of urea groups is 1. The number of ether oxygens (including phenoxy) is 1. The number of thiophene rings is 1. The molecule has 1 aliphatic rings. The minimum atomic E-state index is -0.643. The molecule has 0 saturated heterocycles. The van der Waals surface area contributed by atoms with E-state index in [0.29, 0.717) is 6.54 Å². The van der Waals surface area contributed by atoms with E-state index in [4.69, 9.17) is 10.5 Å². The molecule has 1 aromatic heterocycles. The molecule has 0 unspecified atom stereocenters. The van der Waals surface area contributed by atoms with Crippen molar-refractivity contribution in [3.8, 4) is 5.75 Å². The Morgan fingerprint density at radius 2 is 2.12 bits per heavy atom. The number of nitrogens with one attached hydrogen (secondary N) is 2. The number of benzene rings is 1. The molecule has 1 aromatic carbocycles. The number of hydrogen-bond acceptors (Lipinski definition) is 4. The Morgan fingerprint density at radius 3 is 2.83 bits per heavy atom. The van der Waals surface area contributed by atoms with Crippen LogP contribution >= 0.6 is 11.3 Å². The summed E-state index contributed by atoms with van der Waals surface area (Å²) < 4.78 is 5.80. The molecule has 7 heteroatoms. The highest BCUT2D eigenvalue weighted by atomic mass is 32.1. The van der Waals surface area contributed by atoms with Gasteiger partial charge >= 0.3 is 6.03 Å². The van der Waals surface area contributed by atoms with Gasteiger partial charge in [0, 0.05) is 11.3 Å². The Kier molecular flexibility index (Phi) is 5.00. The van der Waals surface area contributed by atoms with Gasteiger partial charge in [0.1, 0.15) is 11.9 Å². The summed E-state index contributed by atoms with van der Waals surface area (Å²) in [6.07, 6.45) is 0.864. The third-order valence-corrected chi connectivity index (χ3v) is 4.82. The summed E-state index contributed by atoms with van der Waals surface area (Å²) in [6.45, 7) is 0.432. The van der Waals surface area contributed by atoms with Crippen LogP contribution in [0.5, 0.6) is 5.75 Å². The number of nitrogens with two attached hydrogens (primary N) is 1. The molecule has 0 bridgehead atoms. The van der Waals surface area contributed by atoms with E-state index in [1.54, 1.807) is 0 Å². The summed E-state index contributed by atoms with van der Waals surface area (Å²) in [7, 11) is 0. The Labute approximate surface area is 144 Å². The number of rotatable bonds is 6. The van der Waals surface area contributed by atoms with Crippen molar-refractivity contribution in [2.24, 2.45) is 5.73 Å². The Balaban J connectivity index is 1.51. The number of amides is 3. The molecule has 1 aliphatic heterocycles. The summed E-state index contributed by atoms with van der Waals surface area (Å²) in [5, 5.41) is 7.38. The van der Waals surface area contributed by atoms with Crippen molar-refractivity contribution < 1.29 is 14.3 Å². The number of para-hydroxylation sites is 1. The number of carbonyl (C=O) groups is 2. The zero-order chi connectivity index (χ0) is 16.9. The lowest BCUT2D eigenvalue weighted by Crippen LogP contribution is -2.39. The third kappa shape index (κ3) is 4.05. The molecule has 3 rings (SSSR count). The Morgan fingerprint density at radius 1 is 1.29 bits per heavy atom. The maximum Gasteiger partial charge on any atom is 0.312 e. The molecule has 0 radical (unpaired) electrons. The van der Waals surface area contributed by atoms with Crippen LogP contribution in [0.3, 0.4) is 0 Å². The average Bonchev–Trinajstić information content (AvgIpc) is 3.21. The van der Waals surface area contributed by atoms with Crippen molar-refractivity contribution in [2.75, 3.05) is 6.54 Å². The minimum Gasteiger partial charge on any atom is -0.488 e. The molecule has 3 amide bonds. The topological polar surface area (TPSA) is 93.5 Å². The molecular formula is C17H19N3O3S. The fraction of sp³-hybridized carbons (Fsp3) is 0.294. The smallest absolute Gasteiger partial charge is 0.312 e. The quantitative estimate of drug-likeness (QED) is 0.747. The standard InChI is InChI=1S/C17H19N3O3S/c18-17(22)20-13(15-6-3-7-24-15)9-16(21)19-10-12-8-11-4-1-2-5-14(11)23-12/h1-7,12-13H,8-10H2,(H,19,21)(H3,18,20,22)/t12-,13-/m0/s1. The maximum atomic E-state index is 12.2. The van der Waals surface area contributed by atoms with Gasteiger partial charge in [-0.3, -0.25) is 4.79 Å². The van der Waals surface area contributed by atoms with E-state index in [1.165, 1.54) is 11.3 Å². The molecule has 2 heterocycles. The molecule has 2 aromatic rings. The molecule has 126 valence electrons. The van der Waals surface area contributed by atoms with Crippen LogP contribution in [0.1, 0.15) is 22.9 Å². The number of hydrogen-bond donors (Lipinski definition) is 3. The highest BCUT2D eigenvalue weighted by Gasteiger charge is 2.24. The fourth-order valence-corrected chi connectivity index (χ4v) is 3.51. The maximum absolute atomic E-state index is 12.2. The van der Waals surface area contributed by atoms with Gasteiger partial charge in [-0.1, -0.05) is 24.3 Å². The van der Waals surface area contributed by atoms with E-state index in [9.17, 15) is 9.59 Å². The molecule has 24 heavy (non-hydrogen) atoms. The highest BCUT2D eigenvalue weighted by Crippen LogP contribution is 2.28. The molecule has 0 aliphatic carbocycles. The Bertz CT molecular complexity index is 693. The lowest BCUT2D eigenvalue weighted by atomic mass is 10.1. The van der Waals surface area contributed by atoms with Crippen molar-refractivity contribution in [1.29, 1.82) is 0 Å². The largest absolute Gasteiger partial charge is 0.488 e. The summed E-state index contributed by atoms with van der Waals surface area (Å²) in [6, 6.07) is 10.6. The number of fused-ring (bicyclic) bond motifs is 1. The van der Waals surface area contributed by atoms with Crippen LogP contribution in [-0.2, 0) is 11.2 Å². The molecule has 0 fully saturated rings. The molecule has 6 nitrogen and oxygen atoms in total. The second kappa shape index (κ2) is 7.35. The van der Waals surface area contributed by atoms with E-state index in [1.807, 2.05) is 41.8 Å². The first-order chi connectivity index (χ1) is 11.6. The summed E-state index contributed by atoms with van der Waals surface area (Å²) >= 11 is 1.48. The van der Waals surface area contributed by atoms with E-state index in [2.05, 4.69) is 10.6 Å². The summed E-state index contributed by atoms with van der Waals surface area (Å²) in [5.41, 5.74) is 6.36. The van der Waals surface area contributed by atoms with Crippen molar-refractivity contribution in [2.45, 2.75) is 25.0 Å². The van der Waals surface area contributed by atoms with Crippen LogP contribution in [-0.4, -0.2) is 24.6 Å². The predicted octanol–water partition coefficient (Wildman–Crippen LogP) is 1.97. The van der Waals surface area contributed by atoms with Gasteiger partial charge in [0.2, 0.25) is 5.91 Å². The zero-order valence-corrected chi connectivity index (χ0v) is 13.8. The summed E-state index contributed by atoms with van der Waals surface area (Å²) in [5.74, 6) is 0.727. The lowest BCUT2D eigenvalue weighted by Gasteiger charge is -2.17. The van der Waals surface area contributed by atoms with E-state index >= 15 is 0 Å². The van der Waals surface area contributed by atoms with E-state index < -0.39 is 12.1 Å². The van der Waals surface area contributed by atoms with Gasteiger partial charge in [0.15, 0.2) is 0 Å². The number of carbonyl (C=O) groups excluding carboxylic acids is 2. The van der Waals surface area contributed by atoms with E-state index in [0.717, 1.165) is 22.6 Å². The van der Waals surface area contributed by atoms with Crippen LogP contribution in [0, 0.1) is 0 Å². The normalized spacial score (nSPS) is 16.8. The van der Waals surface area contributed by atoms with Gasteiger partial charge in [-0.25, -0.2) is 4.79 Å². The highest BCUT2D eigenvalue weighted by molar-refractivity contribution is 7.10. The second-order valence-corrected chi connectivity index (χ2v) is 6.62. The van der Waals surface area contributed by atoms with E-state index in [-0.39, 0.29) is 18.4 Å². The summed E-state index contributed by atoms with van der Waals surface area (Å²) in [4.78, 5) is 24.2. The van der Waals surface area contributed by atoms with Gasteiger partial charge < -0.3 is 21.1 Å². The molecule has 4 N–H and O–H groups in total. The van der Waals surface area contributed by atoms with Crippen molar-refractivity contribution in [3.05, 3.63) is 52.2 Å². The van der Waals surface area contributed by atoms with Gasteiger partial charge in [-0.05, 0) is 23.1 Å². The van der Waals surface area contributed by atoms with Crippen molar-refractivity contribution >= 4 is 23.3 Å². The van der Waals surface area contributed by atoms with Crippen molar-refractivity contribution in [1.82, 2.24) is 10.6 Å². The van der Waals surface area contributed by atoms with Gasteiger partial charge in [-0.15, -0.1) is 11.3 Å². The first kappa shape index (κ1) is 16.3. The third-order valence-electron chi connectivity index (χ3n) is 3.83. The van der Waals surface area contributed by atoms with Crippen LogP contribution in [0.4, 0.5) is 4.79 Å². The molecule has 2 atom stereocenters. The minimum absolute atomic E-state index is 0.0596. The Hall–Kier alpha value is -2.54. The lowest BCUT2D eigenvalue weighted by molar-refractivity contribution is -0.121. The van der Waals surface area contributed by atoms with Crippen LogP contribution in [0.2, 0.25) is 0 Å². The van der Waals surface area contributed by atoms with Crippen LogP contribution in [0.15, 0.2) is 41.8 Å². The predicted molar refractivity (Wildman–Crippen MR) is 92.0 cm³/mol. The van der Waals surface area contributed by atoms with Crippen molar-refractivity contribution in [3.63, 3.8) is 0 Å². The fourth-order valence-electron chi connectivity index (χ4n) is 2.74. The monoisotopic (exact) mass is 345 g/mol. The van der Waals surface area contributed by atoms with Gasteiger partial charge in [-0.2, -0.15) is 0 Å². The first-order valence-electron chi connectivity index (χ1n) is 7.72. The average molecular weight is 345 g/mol. The first-order valence-corrected chi connectivity index (χ1v) is 8.60. The second-order valence-electron chi connectivity index (χ2n) is 5.64. The molecule has 0 saturated carbocycles. The zero-order valence-electron chi connectivity index (χ0n) is 13.0. The molecule has 0 spiro atoms. The molecular weight excluding hydrogens is 326 g/mol. The van der Waals surface area contributed by atoms with Gasteiger partial charge in [0.05, 0.1) is 19.0 Å².